The minimum Gasteiger partial charge on any atom is -0.506 e. The van der Waals surface area contributed by atoms with Gasteiger partial charge in [-0.25, -0.2) is 14.4 Å². The normalized spacial score (nSPS) is 18.8. The number of anilines is 1. The zero-order chi connectivity index (χ0) is 21.0. The van der Waals surface area contributed by atoms with Crippen LogP contribution < -0.4 is 17.2 Å². The van der Waals surface area contributed by atoms with Crippen molar-refractivity contribution in [3.8, 4) is 17.0 Å². The lowest BCUT2D eigenvalue weighted by Crippen LogP contribution is -2.36. The van der Waals surface area contributed by atoms with Crippen LogP contribution in [-0.4, -0.2) is 52.5 Å². The highest BCUT2D eigenvalue weighted by atomic mass is 19.1. The maximum Gasteiger partial charge on any atom is 0.174 e. The van der Waals surface area contributed by atoms with Gasteiger partial charge in [0, 0.05) is 29.9 Å². The van der Waals surface area contributed by atoms with E-state index in [1.165, 1.54) is 24.4 Å². The molecule has 1 saturated heterocycles. The predicted octanol–water partition coefficient (Wildman–Crippen LogP) is 1.57. The number of aliphatic imine (C=N–C) groups is 1. The molecule has 1 aliphatic rings. The van der Waals surface area contributed by atoms with E-state index in [1.807, 2.05) is 0 Å². The lowest BCUT2D eigenvalue weighted by atomic mass is 9.92. The van der Waals surface area contributed by atoms with E-state index >= 15 is 0 Å². The van der Waals surface area contributed by atoms with E-state index in [0.717, 1.165) is 31.6 Å². The highest BCUT2D eigenvalue weighted by Crippen LogP contribution is 2.29. The second-order valence-electron chi connectivity index (χ2n) is 7.09. The van der Waals surface area contributed by atoms with E-state index in [4.69, 9.17) is 17.2 Å². The number of nitrogens with two attached hydrogens (primary N) is 3. The molecule has 1 unspecified atom stereocenters. The average molecular weight is 399 g/mol. The number of aromatic hydroxyl groups is 1. The largest absolute Gasteiger partial charge is 0.506 e. The number of hydrogen-bond acceptors (Lipinski definition) is 8. The van der Waals surface area contributed by atoms with Gasteiger partial charge < -0.3 is 27.2 Å². The van der Waals surface area contributed by atoms with Crippen LogP contribution in [0, 0.1) is 11.7 Å². The zero-order valence-electron chi connectivity index (χ0n) is 16.3. The zero-order valence-corrected chi connectivity index (χ0v) is 16.3. The number of halogens is 1. The number of nitrogen functional groups attached to an aromatic ring is 1. The molecule has 9 heteroatoms. The first-order valence-corrected chi connectivity index (χ1v) is 9.41. The Morgan fingerprint density at radius 3 is 2.93 bits per heavy atom. The molecular formula is C20H26FN7O. The molecule has 3 heterocycles. The molecular weight excluding hydrogens is 373 g/mol. The molecule has 0 aliphatic carbocycles. The smallest absolute Gasteiger partial charge is 0.174 e. The minimum atomic E-state index is -0.671. The molecule has 0 bridgehead atoms. The predicted molar refractivity (Wildman–Crippen MR) is 112 cm³/mol. The van der Waals surface area contributed by atoms with Crippen LogP contribution in [0.4, 0.5) is 10.2 Å². The van der Waals surface area contributed by atoms with Crippen molar-refractivity contribution in [2.24, 2.45) is 22.4 Å². The standard InChI is InChI=1S/C20H26FN7O/c1-28-8-2-3-12(10-28)16(26-11-22)9-14(23)19-17(29)5-4-15(27-19)13-6-7-25-20(24)18(13)21/h4-7,9,12,29H,2-3,8,10-11,22-23H2,1H3,(H2,24,25)/b14-9-,26-16+. The first-order valence-electron chi connectivity index (χ1n) is 9.41. The van der Waals surface area contributed by atoms with Crippen molar-refractivity contribution in [3.05, 3.63) is 42.0 Å². The molecule has 0 amide bonds. The Hall–Kier alpha value is -3.04. The number of piperidine rings is 1. The van der Waals surface area contributed by atoms with Gasteiger partial charge in [0.25, 0.3) is 0 Å². The fourth-order valence-electron chi connectivity index (χ4n) is 3.51. The highest BCUT2D eigenvalue weighted by Gasteiger charge is 2.22. The first-order chi connectivity index (χ1) is 13.9. The van der Waals surface area contributed by atoms with Gasteiger partial charge in [-0.2, -0.15) is 0 Å². The Bertz CT molecular complexity index is 944. The molecule has 3 rings (SSSR count). The van der Waals surface area contributed by atoms with Crippen LogP contribution in [-0.2, 0) is 0 Å². The summed E-state index contributed by atoms with van der Waals surface area (Å²) >= 11 is 0. The van der Waals surface area contributed by atoms with Gasteiger partial charge in [0.15, 0.2) is 11.6 Å². The number of allylic oxidation sites excluding steroid dienone is 1. The number of pyridine rings is 2. The van der Waals surface area contributed by atoms with Crippen LogP contribution in [0.25, 0.3) is 17.0 Å². The summed E-state index contributed by atoms with van der Waals surface area (Å²) in [6.45, 7) is 2.03. The number of rotatable bonds is 5. The minimum absolute atomic E-state index is 0.113. The van der Waals surface area contributed by atoms with E-state index in [1.54, 1.807) is 6.08 Å². The molecule has 1 fully saturated rings. The second-order valence-corrected chi connectivity index (χ2v) is 7.09. The molecule has 0 radical (unpaired) electrons. The summed E-state index contributed by atoms with van der Waals surface area (Å²) < 4.78 is 14.3. The molecule has 1 atom stereocenters. The molecule has 1 aliphatic heterocycles. The van der Waals surface area contributed by atoms with Crippen LogP contribution in [0.1, 0.15) is 18.5 Å². The summed E-state index contributed by atoms with van der Waals surface area (Å²) in [5, 5.41) is 10.3. The number of nitrogens with zero attached hydrogens (tertiary/aromatic N) is 4. The lowest BCUT2D eigenvalue weighted by molar-refractivity contribution is 0.247. The molecule has 8 nitrogen and oxygen atoms in total. The third-order valence-electron chi connectivity index (χ3n) is 4.96. The van der Waals surface area contributed by atoms with Crippen LogP contribution in [0.3, 0.4) is 0 Å². The Kier molecular flexibility index (Phi) is 6.40. The van der Waals surface area contributed by atoms with Crippen LogP contribution in [0.2, 0.25) is 0 Å². The van der Waals surface area contributed by atoms with Crippen molar-refractivity contribution >= 4 is 17.2 Å². The van der Waals surface area contributed by atoms with Crippen molar-refractivity contribution < 1.29 is 9.50 Å². The van der Waals surface area contributed by atoms with Gasteiger partial charge in [-0.15, -0.1) is 0 Å². The molecule has 2 aromatic rings. The van der Waals surface area contributed by atoms with Gasteiger partial charge in [0.2, 0.25) is 0 Å². The highest BCUT2D eigenvalue weighted by molar-refractivity contribution is 6.02. The maximum absolute atomic E-state index is 14.3. The van der Waals surface area contributed by atoms with E-state index in [2.05, 4.69) is 26.9 Å². The van der Waals surface area contributed by atoms with Gasteiger partial charge in [0.1, 0.15) is 11.4 Å². The summed E-state index contributed by atoms with van der Waals surface area (Å²) in [6.07, 6.45) is 5.13. The Morgan fingerprint density at radius 1 is 1.41 bits per heavy atom. The second kappa shape index (κ2) is 8.97. The Morgan fingerprint density at radius 2 is 2.21 bits per heavy atom. The molecule has 2 aromatic heterocycles. The first kappa shape index (κ1) is 20.7. The van der Waals surface area contributed by atoms with E-state index in [0.29, 0.717) is 0 Å². The van der Waals surface area contributed by atoms with E-state index in [-0.39, 0.29) is 46.8 Å². The van der Waals surface area contributed by atoms with E-state index in [9.17, 15) is 9.50 Å². The van der Waals surface area contributed by atoms with Crippen molar-refractivity contribution in [2.75, 3.05) is 32.5 Å². The van der Waals surface area contributed by atoms with Crippen molar-refractivity contribution in [1.82, 2.24) is 14.9 Å². The summed E-state index contributed by atoms with van der Waals surface area (Å²) in [6, 6.07) is 4.38. The molecule has 29 heavy (non-hydrogen) atoms. The monoisotopic (exact) mass is 399 g/mol. The van der Waals surface area contributed by atoms with Crippen molar-refractivity contribution in [3.63, 3.8) is 0 Å². The Labute approximate surface area is 169 Å². The number of aromatic nitrogens is 2. The van der Waals surface area contributed by atoms with Gasteiger partial charge in [-0.05, 0) is 50.7 Å². The third-order valence-corrected chi connectivity index (χ3v) is 4.96. The summed E-state index contributed by atoms with van der Waals surface area (Å²) in [4.78, 5) is 14.7. The third kappa shape index (κ3) is 4.69. The van der Waals surface area contributed by atoms with E-state index < -0.39 is 5.82 Å². The van der Waals surface area contributed by atoms with Crippen LogP contribution in [0.5, 0.6) is 5.75 Å². The van der Waals surface area contributed by atoms with Crippen LogP contribution in [0.15, 0.2) is 35.5 Å². The Balaban J connectivity index is 1.98. The summed E-state index contributed by atoms with van der Waals surface area (Å²) in [5.74, 6) is -0.813. The maximum atomic E-state index is 14.3. The lowest BCUT2D eigenvalue weighted by Gasteiger charge is -2.30. The number of likely N-dealkylation sites (tertiary alicyclic amines) is 1. The summed E-state index contributed by atoms with van der Waals surface area (Å²) in [5.41, 5.74) is 19.1. The molecule has 0 saturated carbocycles. The average Bonchev–Trinajstić information content (AvgIpc) is 2.70. The molecule has 7 N–H and O–H groups in total. The quantitative estimate of drug-likeness (QED) is 0.560. The fourth-order valence-corrected chi connectivity index (χ4v) is 3.51. The molecule has 0 aromatic carbocycles. The topological polar surface area (TPSA) is 140 Å². The van der Waals surface area contributed by atoms with Crippen molar-refractivity contribution in [2.45, 2.75) is 12.8 Å². The molecule has 154 valence electrons. The van der Waals surface area contributed by atoms with Crippen LogP contribution >= 0.6 is 0 Å². The number of hydrogen-bond donors (Lipinski definition) is 4. The van der Waals surface area contributed by atoms with Gasteiger partial charge in [0.05, 0.1) is 18.1 Å². The SMILES string of the molecule is CN1CCCC(C(/C=C(\N)c2nc(-c3ccnc(N)c3F)ccc2O)=N/CN)C1. The van der Waals surface area contributed by atoms with Crippen molar-refractivity contribution in [1.29, 1.82) is 0 Å². The van der Waals surface area contributed by atoms with Gasteiger partial charge in [-0.3, -0.25) is 4.99 Å². The summed E-state index contributed by atoms with van der Waals surface area (Å²) in [7, 11) is 2.06. The van der Waals surface area contributed by atoms with Gasteiger partial charge >= 0.3 is 0 Å². The molecule has 0 spiro atoms. The van der Waals surface area contributed by atoms with Gasteiger partial charge in [-0.1, -0.05) is 0 Å². The fraction of sp³-hybridized carbons (Fsp3) is 0.350.